The molecule has 0 aromatic heterocycles. The Hall–Kier alpha value is -1.64. The van der Waals surface area contributed by atoms with Crippen LogP contribution in [0.3, 0.4) is 0 Å². The zero-order valence-electron chi connectivity index (χ0n) is 16.2. The molecule has 1 atom stereocenters. The SMILES string of the molecule is CC(C)(O)[C@@H]1CCCN1Cc1cc2ccc1CCc1ccc(cc1)CC2. The molecule has 5 aliphatic rings. The Bertz CT molecular complexity index is 757. The standard InChI is InChI=1S/C24H31NO/c1-24(2,26)23-4-3-15-25(23)17-22-16-20-10-9-18-5-7-19(8-6-18)11-13-21(22)14-12-20/h5-8,12,14,16,23,26H,3-4,9-11,13,15,17H2,1-2H3/t23-/m0/s1. The molecule has 1 heterocycles. The quantitative estimate of drug-likeness (QED) is 0.893. The number of hydrogen-bond donors (Lipinski definition) is 1. The molecule has 2 nitrogen and oxygen atoms in total. The van der Waals surface area contributed by atoms with E-state index in [0.717, 1.165) is 45.2 Å². The maximum Gasteiger partial charge on any atom is 0.0746 e. The highest BCUT2D eigenvalue weighted by atomic mass is 16.3. The maximum atomic E-state index is 10.6. The molecule has 7 rings (SSSR count). The molecule has 1 saturated heterocycles. The summed E-state index contributed by atoms with van der Waals surface area (Å²) in [6, 6.07) is 16.6. The van der Waals surface area contributed by atoms with E-state index in [1.165, 1.54) is 34.2 Å². The van der Waals surface area contributed by atoms with Gasteiger partial charge < -0.3 is 5.11 Å². The lowest BCUT2D eigenvalue weighted by molar-refractivity contribution is -0.00509. The van der Waals surface area contributed by atoms with Crippen molar-refractivity contribution in [3.63, 3.8) is 0 Å². The van der Waals surface area contributed by atoms with Gasteiger partial charge in [-0.05, 0) is 86.7 Å². The van der Waals surface area contributed by atoms with Crippen LogP contribution in [0.5, 0.6) is 0 Å². The summed E-state index contributed by atoms with van der Waals surface area (Å²) in [7, 11) is 0. The summed E-state index contributed by atoms with van der Waals surface area (Å²) < 4.78 is 0. The van der Waals surface area contributed by atoms with Crippen LogP contribution in [-0.4, -0.2) is 28.2 Å². The van der Waals surface area contributed by atoms with Gasteiger partial charge in [0, 0.05) is 12.6 Å². The highest BCUT2D eigenvalue weighted by Crippen LogP contribution is 2.29. The fraction of sp³-hybridized carbons (Fsp3) is 0.500. The summed E-state index contributed by atoms with van der Waals surface area (Å²) in [6.45, 7) is 5.99. The lowest BCUT2D eigenvalue weighted by Crippen LogP contribution is -2.45. The summed E-state index contributed by atoms with van der Waals surface area (Å²) in [5, 5.41) is 10.6. The van der Waals surface area contributed by atoms with Crippen LogP contribution in [0.15, 0.2) is 42.5 Å². The van der Waals surface area contributed by atoms with Crippen LogP contribution in [0.25, 0.3) is 0 Å². The number of nitrogens with zero attached hydrogens (tertiary/aromatic N) is 1. The van der Waals surface area contributed by atoms with Crippen molar-refractivity contribution in [1.29, 1.82) is 0 Å². The molecule has 2 aromatic carbocycles. The van der Waals surface area contributed by atoms with E-state index in [-0.39, 0.29) is 6.04 Å². The van der Waals surface area contributed by atoms with Gasteiger partial charge in [-0.1, -0.05) is 42.5 Å². The van der Waals surface area contributed by atoms with Crippen LogP contribution in [0.2, 0.25) is 0 Å². The Morgan fingerprint density at radius 2 is 1.54 bits per heavy atom. The summed E-state index contributed by atoms with van der Waals surface area (Å²) in [6.07, 6.45) is 6.69. The second-order valence-electron chi connectivity index (χ2n) is 8.70. The van der Waals surface area contributed by atoms with Crippen molar-refractivity contribution in [2.45, 2.75) is 70.6 Å². The zero-order chi connectivity index (χ0) is 18.1. The highest BCUT2D eigenvalue weighted by molar-refractivity contribution is 5.35. The second kappa shape index (κ2) is 7.17. The smallest absolute Gasteiger partial charge is 0.0746 e. The van der Waals surface area contributed by atoms with Crippen LogP contribution in [0.1, 0.15) is 54.5 Å². The van der Waals surface area contributed by atoms with Crippen LogP contribution in [0, 0.1) is 0 Å². The molecular weight excluding hydrogens is 318 g/mol. The van der Waals surface area contributed by atoms with Gasteiger partial charge in [0.15, 0.2) is 0 Å². The molecule has 0 amide bonds. The van der Waals surface area contributed by atoms with E-state index in [4.69, 9.17) is 0 Å². The third kappa shape index (κ3) is 3.87. The molecule has 138 valence electrons. The monoisotopic (exact) mass is 349 g/mol. The average molecular weight is 350 g/mol. The molecule has 1 N–H and O–H groups in total. The minimum Gasteiger partial charge on any atom is -0.389 e. The summed E-state index contributed by atoms with van der Waals surface area (Å²) in [5.74, 6) is 0. The normalized spacial score (nSPS) is 21.0. The fourth-order valence-corrected chi connectivity index (χ4v) is 4.70. The first-order chi connectivity index (χ1) is 12.5. The van der Waals surface area contributed by atoms with Crippen molar-refractivity contribution in [3.8, 4) is 0 Å². The van der Waals surface area contributed by atoms with Crippen molar-refractivity contribution >= 4 is 0 Å². The van der Waals surface area contributed by atoms with Gasteiger partial charge in [0.25, 0.3) is 0 Å². The molecule has 2 aromatic rings. The molecule has 1 fully saturated rings. The number of benzene rings is 2. The lowest BCUT2D eigenvalue weighted by Gasteiger charge is -2.34. The predicted octanol–water partition coefficient (Wildman–Crippen LogP) is 4.31. The van der Waals surface area contributed by atoms with E-state index in [2.05, 4.69) is 47.4 Å². The maximum absolute atomic E-state index is 10.6. The van der Waals surface area contributed by atoms with E-state index in [1.807, 2.05) is 13.8 Å². The summed E-state index contributed by atoms with van der Waals surface area (Å²) in [4.78, 5) is 2.50. The topological polar surface area (TPSA) is 23.5 Å². The van der Waals surface area contributed by atoms with Gasteiger partial charge in [0.2, 0.25) is 0 Å². The van der Waals surface area contributed by atoms with E-state index in [0.29, 0.717) is 0 Å². The van der Waals surface area contributed by atoms with Crippen LogP contribution in [-0.2, 0) is 32.2 Å². The van der Waals surface area contributed by atoms with E-state index >= 15 is 0 Å². The lowest BCUT2D eigenvalue weighted by atomic mass is 9.92. The van der Waals surface area contributed by atoms with Gasteiger partial charge in [-0.2, -0.15) is 0 Å². The molecular formula is C24H31NO. The van der Waals surface area contributed by atoms with Gasteiger partial charge in [-0.25, -0.2) is 0 Å². The predicted molar refractivity (Wildman–Crippen MR) is 107 cm³/mol. The summed E-state index contributed by atoms with van der Waals surface area (Å²) >= 11 is 0. The minimum absolute atomic E-state index is 0.268. The molecule has 0 spiro atoms. The summed E-state index contributed by atoms with van der Waals surface area (Å²) in [5.41, 5.74) is 6.61. The Morgan fingerprint density at radius 3 is 2.23 bits per heavy atom. The number of aliphatic hydroxyl groups is 1. The van der Waals surface area contributed by atoms with Gasteiger partial charge in [0.05, 0.1) is 5.60 Å². The van der Waals surface area contributed by atoms with Gasteiger partial charge in [-0.3, -0.25) is 4.90 Å². The minimum atomic E-state index is -0.629. The van der Waals surface area contributed by atoms with Crippen LogP contribution < -0.4 is 0 Å². The Kier molecular flexibility index (Phi) is 4.90. The van der Waals surface area contributed by atoms with Gasteiger partial charge in [-0.15, -0.1) is 0 Å². The molecule has 2 heteroatoms. The molecule has 0 saturated carbocycles. The van der Waals surface area contributed by atoms with Crippen molar-refractivity contribution < 1.29 is 5.11 Å². The number of likely N-dealkylation sites (tertiary alicyclic amines) is 1. The van der Waals surface area contributed by atoms with Crippen LogP contribution >= 0.6 is 0 Å². The van der Waals surface area contributed by atoms with Crippen molar-refractivity contribution in [2.75, 3.05) is 6.54 Å². The molecule has 0 unspecified atom stereocenters. The van der Waals surface area contributed by atoms with Crippen molar-refractivity contribution in [1.82, 2.24) is 4.90 Å². The Morgan fingerprint density at radius 1 is 0.923 bits per heavy atom. The van der Waals surface area contributed by atoms with Gasteiger partial charge in [0.1, 0.15) is 0 Å². The average Bonchev–Trinajstić information content (AvgIpc) is 3.07. The van der Waals surface area contributed by atoms with E-state index < -0.39 is 5.60 Å². The molecule has 1 aliphatic heterocycles. The third-order valence-electron chi connectivity index (χ3n) is 6.23. The molecule has 0 radical (unpaired) electrons. The second-order valence-corrected chi connectivity index (χ2v) is 8.70. The third-order valence-corrected chi connectivity index (χ3v) is 6.23. The van der Waals surface area contributed by atoms with Crippen molar-refractivity contribution in [3.05, 3.63) is 70.3 Å². The van der Waals surface area contributed by atoms with E-state index in [9.17, 15) is 5.11 Å². The first-order valence-electron chi connectivity index (χ1n) is 10.1. The zero-order valence-corrected chi connectivity index (χ0v) is 16.2. The molecule has 26 heavy (non-hydrogen) atoms. The first-order valence-corrected chi connectivity index (χ1v) is 10.1. The van der Waals surface area contributed by atoms with Crippen molar-refractivity contribution in [2.24, 2.45) is 0 Å². The largest absolute Gasteiger partial charge is 0.389 e. The first kappa shape index (κ1) is 17.8. The molecule has 4 bridgehead atoms. The number of rotatable bonds is 3. The van der Waals surface area contributed by atoms with E-state index in [1.54, 1.807) is 0 Å². The Balaban J connectivity index is 1.61. The Labute approximate surface area is 157 Å². The highest BCUT2D eigenvalue weighted by Gasteiger charge is 2.35. The molecule has 4 aliphatic carbocycles. The fourth-order valence-electron chi connectivity index (χ4n) is 4.70. The van der Waals surface area contributed by atoms with Crippen LogP contribution in [0.4, 0.5) is 0 Å². The number of aryl methyl sites for hydroxylation is 4. The number of hydrogen-bond acceptors (Lipinski definition) is 2. The van der Waals surface area contributed by atoms with Gasteiger partial charge >= 0.3 is 0 Å².